The predicted octanol–water partition coefficient (Wildman–Crippen LogP) is 2.18. The van der Waals surface area contributed by atoms with Gasteiger partial charge in [-0.2, -0.15) is 0 Å². The van der Waals surface area contributed by atoms with Gasteiger partial charge >= 0.3 is 5.97 Å². The zero-order valence-electron chi connectivity index (χ0n) is 16.2. The van der Waals surface area contributed by atoms with Crippen molar-refractivity contribution in [3.05, 3.63) is 33.9 Å². The second-order valence-corrected chi connectivity index (χ2v) is 8.04. The van der Waals surface area contributed by atoms with Crippen LogP contribution in [0.5, 0.6) is 5.75 Å². The van der Waals surface area contributed by atoms with Crippen molar-refractivity contribution in [1.82, 2.24) is 9.47 Å². The van der Waals surface area contributed by atoms with Gasteiger partial charge in [0.15, 0.2) is 11.6 Å². The van der Waals surface area contributed by atoms with E-state index in [2.05, 4.69) is 4.90 Å². The molecule has 0 bridgehead atoms. The van der Waals surface area contributed by atoms with Crippen LogP contribution in [0.15, 0.2) is 17.1 Å². The maximum Gasteiger partial charge on any atom is 0.341 e. The van der Waals surface area contributed by atoms with E-state index in [0.29, 0.717) is 36.0 Å². The number of halogens is 1. The van der Waals surface area contributed by atoms with Gasteiger partial charge in [0.1, 0.15) is 17.9 Å². The minimum absolute atomic E-state index is 0.0479. The van der Waals surface area contributed by atoms with Gasteiger partial charge < -0.3 is 24.2 Å². The molecule has 7 nitrogen and oxygen atoms in total. The third kappa shape index (κ3) is 2.92. The van der Waals surface area contributed by atoms with Crippen LogP contribution in [-0.4, -0.2) is 60.9 Å². The van der Waals surface area contributed by atoms with E-state index in [4.69, 9.17) is 4.74 Å². The van der Waals surface area contributed by atoms with Crippen molar-refractivity contribution in [3.63, 3.8) is 0 Å². The Kier molecular flexibility index (Phi) is 4.53. The quantitative estimate of drug-likeness (QED) is 0.864. The summed E-state index contributed by atoms with van der Waals surface area (Å²) in [5.41, 5.74) is -0.195. The zero-order valence-corrected chi connectivity index (χ0v) is 16.2. The molecule has 0 amide bonds. The second kappa shape index (κ2) is 6.77. The van der Waals surface area contributed by atoms with Gasteiger partial charge in [-0.05, 0) is 39.4 Å². The molecule has 28 heavy (non-hydrogen) atoms. The third-order valence-corrected chi connectivity index (χ3v) is 5.60. The van der Waals surface area contributed by atoms with Gasteiger partial charge in [-0.25, -0.2) is 9.18 Å². The van der Waals surface area contributed by atoms with Crippen LogP contribution in [0, 0.1) is 11.7 Å². The number of anilines is 1. The van der Waals surface area contributed by atoms with E-state index in [-0.39, 0.29) is 23.6 Å². The van der Waals surface area contributed by atoms with E-state index in [1.165, 1.54) is 12.3 Å². The Bertz CT molecular complexity index is 1020. The van der Waals surface area contributed by atoms with Gasteiger partial charge in [0.2, 0.25) is 5.43 Å². The van der Waals surface area contributed by atoms with Crippen molar-refractivity contribution in [2.45, 2.75) is 19.4 Å². The molecule has 8 heteroatoms. The largest absolute Gasteiger partial charge is 0.487 e. The van der Waals surface area contributed by atoms with Crippen molar-refractivity contribution >= 4 is 22.6 Å². The normalized spacial score (nSPS) is 21.4. The van der Waals surface area contributed by atoms with E-state index >= 15 is 4.39 Å². The Hall–Kier alpha value is -2.61. The van der Waals surface area contributed by atoms with Crippen molar-refractivity contribution in [3.8, 4) is 5.75 Å². The Morgan fingerprint density at radius 3 is 2.86 bits per heavy atom. The number of aromatic carboxylic acids is 1. The Balaban J connectivity index is 1.89. The number of hydrogen-bond donors (Lipinski definition) is 1. The van der Waals surface area contributed by atoms with Crippen LogP contribution < -0.4 is 15.1 Å². The topological polar surface area (TPSA) is 75.0 Å². The number of aromatic nitrogens is 1. The first-order chi connectivity index (χ1) is 13.3. The van der Waals surface area contributed by atoms with E-state index in [9.17, 15) is 14.7 Å². The fraction of sp³-hybridized carbons (Fsp3) is 0.500. The number of nitrogens with zero attached hydrogens (tertiary/aromatic N) is 3. The van der Waals surface area contributed by atoms with Crippen molar-refractivity contribution in [2.75, 3.05) is 45.2 Å². The lowest BCUT2D eigenvalue weighted by Crippen LogP contribution is -2.30. The number of carbonyl (C=O) groups is 1. The number of hydrogen-bond acceptors (Lipinski definition) is 5. The van der Waals surface area contributed by atoms with Crippen LogP contribution in [0.3, 0.4) is 0 Å². The minimum Gasteiger partial charge on any atom is -0.487 e. The fourth-order valence-electron chi connectivity index (χ4n) is 4.36. The molecule has 1 N–H and O–H groups in total. The third-order valence-electron chi connectivity index (χ3n) is 5.60. The monoisotopic (exact) mass is 389 g/mol. The molecule has 3 heterocycles. The Morgan fingerprint density at radius 1 is 1.43 bits per heavy atom. The summed E-state index contributed by atoms with van der Waals surface area (Å²) < 4.78 is 22.8. The molecule has 150 valence electrons. The number of carboxylic acids is 1. The molecule has 1 saturated heterocycles. The summed E-state index contributed by atoms with van der Waals surface area (Å²) in [7, 11) is 4.04. The highest BCUT2D eigenvalue weighted by molar-refractivity contribution is 5.97. The average molecular weight is 389 g/mol. The molecular formula is C20H24FN3O4. The molecule has 2 aliphatic rings. The summed E-state index contributed by atoms with van der Waals surface area (Å²) in [4.78, 5) is 28.2. The molecule has 2 aliphatic heterocycles. The molecular weight excluding hydrogens is 365 g/mol. The lowest BCUT2D eigenvalue weighted by Gasteiger charge is -2.31. The highest BCUT2D eigenvalue weighted by Gasteiger charge is 2.33. The highest BCUT2D eigenvalue weighted by atomic mass is 19.1. The summed E-state index contributed by atoms with van der Waals surface area (Å²) in [5.74, 6) is -1.09. The molecule has 2 aromatic rings. The fourth-order valence-corrected chi connectivity index (χ4v) is 4.36. The molecule has 0 aliphatic carbocycles. The Labute approximate surface area is 161 Å². The van der Waals surface area contributed by atoms with Crippen LogP contribution in [0.2, 0.25) is 0 Å². The molecule has 0 saturated carbocycles. The molecule has 0 spiro atoms. The lowest BCUT2D eigenvalue weighted by molar-refractivity contribution is 0.0694. The van der Waals surface area contributed by atoms with Crippen LogP contribution in [0.25, 0.3) is 10.9 Å². The molecule has 2 unspecified atom stereocenters. The van der Waals surface area contributed by atoms with Gasteiger partial charge in [0.05, 0.1) is 16.9 Å². The van der Waals surface area contributed by atoms with E-state index in [0.717, 1.165) is 13.0 Å². The molecule has 0 radical (unpaired) electrons. The molecule has 4 rings (SSSR count). The number of carboxylic acid groups (broad SMARTS) is 1. The van der Waals surface area contributed by atoms with Gasteiger partial charge in [0.25, 0.3) is 0 Å². The summed E-state index contributed by atoms with van der Waals surface area (Å²) in [6.45, 7) is 4.51. The van der Waals surface area contributed by atoms with E-state index < -0.39 is 17.2 Å². The predicted molar refractivity (Wildman–Crippen MR) is 104 cm³/mol. The minimum atomic E-state index is -1.31. The van der Waals surface area contributed by atoms with Gasteiger partial charge in [-0.3, -0.25) is 4.79 Å². The van der Waals surface area contributed by atoms with Crippen molar-refractivity contribution < 1.29 is 19.0 Å². The maximum atomic E-state index is 15.1. The van der Waals surface area contributed by atoms with Crippen LogP contribution in [0.1, 0.15) is 29.7 Å². The van der Waals surface area contributed by atoms with Crippen LogP contribution >= 0.6 is 0 Å². The van der Waals surface area contributed by atoms with Crippen LogP contribution in [0.4, 0.5) is 10.1 Å². The number of rotatable bonds is 4. The van der Waals surface area contributed by atoms with Gasteiger partial charge in [-0.15, -0.1) is 0 Å². The van der Waals surface area contributed by atoms with Gasteiger partial charge in [0, 0.05) is 25.8 Å². The number of benzene rings is 1. The van der Waals surface area contributed by atoms with Gasteiger partial charge in [-0.1, -0.05) is 0 Å². The first-order valence-electron chi connectivity index (χ1n) is 9.45. The molecule has 1 aromatic carbocycles. The molecule has 1 fully saturated rings. The van der Waals surface area contributed by atoms with Crippen molar-refractivity contribution in [2.24, 2.45) is 5.92 Å². The van der Waals surface area contributed by atoms with Crippen molar-refractivity contribution in [1.29, 1.82) is 0 Å². The summed E-state index contributed by atoms with van der Waals surface area (Å²) in [5, 5.41) is 9.41. The standard InChI is InChI=1S/C20H24FN3O4/c1-11-10-28-19-16-13(18(25)14(20(26)27)9-24(11)16)6-15(21)17(19)23-5-4-12(8-23)7-22(2)3/h6,9,11-12H,4-5,7-8,10H2,1-3H3,(H,26,27). The smallest absolute Gasteiger partial charge is 0.341 e. The number of pyridine rings is 1. The van der Waals surface area contributed by atoms with E-state index in [1.807, 2.05) is 25.9 Å². The zero-order chi connectivity index (χ0) is 20.2. The molecule has 1 aromatic heterocycles. The summed E-state index contributed by atoms with van der Waals surface area (Å²) >= 11 is 0. The summed E-state index contributed by atoms with van der Waals surface area (Å²) in [6.07, 6.45) is 2.31. The Morgan fingerprint density at radius 2 is 2.18 bits per heavy atom. The summed E-state index contributed by atoms with van der Waals surface area (Å²) in [6, 6.07) is 1.01. The first-order valence-corrected chi connectivity index (χ1v) is 9.45. The second-order valence-electron chi connectivity index (χ2n) is 8.04. The molecule has 2 atom stereocenters. The average Bonchev–Trinajstić information content (AvgIpc) is 3.06. The lowest BCUT2D eigenvalue weighted by atomic mass is 10.1. The SMILES string of the molecule is CC1COc2c(N3CCC(CN(C)C)C3)c(F)cc3c(=O)c(C(=O)O)cn1c23. The first kappa shape index (κ1) is 18.7. The highest BCUT2D eigenvalue weighted by Crippen LogP contribution is 2.43. The maximum absolute atomic E-state index is 15.1. The van der Waals surface area contributed by atoms with E-state index in [1.54, 1.807) is 4.57 Å². The number of ether oxygens (including phenoxy) is 1. The van der Waals surface area contributed by atoms with Crippen LogP contribution in [-0.2, 0) is 0 Å².